The van der Waals surface area contributed by atoms with Crippen LogP contribution in [0.1, 0.15) is 38.5 Å². The maximum atomic E-state index is 6.23. The molecule has 11 rings (SSSR count). The van der Waals surface area contributed by atoms with Crippen molar-refractivity contribution in [3.05, 3.63) is 116 Å². The molecule has 0 saturated carbocycles. The van der Waals surface area contributed by atoms with Gasteiger partial charge in [0.05, 0.1) is 54.1 Å². The van der Waals surface area contributed by atoms with Crippen molar-refractivity contribution in [3.8, 4) is 68.3 Å². The molecule has 0 fully saturated rings. The summed E-state index contributed by atoms with van der Waals surface area (Å²) < 4.78 is 24.2. The predicted molar refractivity (Wildman–Crippen MR) is 187 cm³/mol. The molecule has 5 aromatic heterocycles. The molecule has 10 heterocycles. The summed E-state index contributed by atoms with van der Waals surface area (Å²) in [5.41, 5.74) is 5.91. The molecule has 1 radical (unpaired) electrons. The van der Waals surface area contributed by atoms with Crippen LogP contribution < -0.4 is 18.9 Å². The fraction of sp³-hybridized carbons (Fsp3) is 0.225. The van der Waals surface area contributed by atoms with Crippen LogP contribution in [0.3, 0.4) is 0 Å². The fourth-order valence-corrected chi connectivity index (χ4v) is 5.55. The molecule has 0 N–H and O–H groups in total. The molecular formula is C40H36N5O4Re-. The van der Waals surface area contributed by atoms with Crippen LogP contribution in [-0.4, -0.2) is 44.9 Å². The van der Waals surface area contributed by atoms with Gasteiger partial charge in [0.25, 0.3) is 0 Å². The summed E-state index contributed by atoms with van der Waals surface area (Å²) in [6.07, 6.45) is 13.4. The van der Waals surface area contributed by atoms with Crippen LogP contribution in [0.15, 0.2) is 110 Å². The standard InChI is InChI=1S/C40H36N5O4.Re/c1-2-4-8-24-47-39-14-10-22-42-40(39)29-15-20-38(32(25-29)33-11-5-6-21-41-33)49-28-48-31-17-19-35(44-27-31)37-13-9-12-36(45-37)34-18-16-30(26-43-34)46-23-7-3-1;/h5-6,9-22,26-27H,1-4,7-8,23-24,28H2;/q-1;. The maximum absolute atomic E-state index is 6.23. The second-order valence-corrected chi connectivity index (χ2v) is 11.6. The van der Waals surface area contributed by atoms with Crippen molar-refractivity contribution in [3.63, 3.8) is 0 Å². The molecule has 0 saturated heterocycles. The Bertz CT molecular complexity index is 1960. The van der Waals surface area contributed by atoms with Crippen LogP contribution in [0.4, 0.5) is 0 Å². The molecular weight excluding hydrogens is 801 g/mol. The number of aromatic nitrogens is 5. The first-order chi connectivity index (χ1) is 24.3. The third kappa shape index (κ3) is 8.89. The molecule has 0 spiro atoms. The molecule has 0 unspecified atom stereocenters. The van der Waals surface area contributed by atoms with Crippen molar-refractivity contribution in [2.75, 3.05) is 20.0 Å². The van der Waals surface area contributed by atoms with E-state index in [0.29, 0.717) is 30.3 Å². The van der Waals surface area contributed by atoms with Gasteiger partial charge >= 0.3 is 0 Å². The number of fused-ring (bicyclic) bond motifs is 1. The van der Waals surface area contributed by atoms with Gasteiger partial charge in [-0.15, -0.1) is 12.1 Å². The van der Waals surface area contributed by atoms with Gasteiger partial charge in [-0.3, -0.25) is 19.9 Å². The monoisotopic (exact) mass is 837 g/mol. The zero-order valence-electron chi connectivity index (χ0n) is 27.5. The van der Waals surface area contributed by atoms with Crippen LogP contribution >= 0.6 is 0 Å². The Morgan fingerprint density at radius 1 is 0.480 bits per heavy atom. The number of ether oxygens (including phenoxy) is 4. The van der Waals surface area contributed by atoms with Crippen molar-refractivity contribution in [2.45, 2.75) is 38.5 Å². The van der Waals surface area contributed by atoms with E-state index in [1.54, 1.807) is 24.8 Å². The van der Waals surface area contributed by atoms with E-state index in [9.17, 15) is 0 Å². The first-order valence-electron chi connectivity index (χ1n) is 16.6. The predicted octanol–water partition coefficient (Wildman–Crippen LogP) is 8.65. The Balaban J connectivity index is 0.00000432. The number of rotatable bonds is 1. The normalized spacial score (nSPS) is 13.8. The molecule has 9 nitrogen and oxygen atoms in total. The first kappa shape index (κ1) is 34.7. The Labute approximate surface area is 305 Å². The van der Waals surface area contributed by atoms with Crippen LogP contribution in [0, 0.1) is 6.07 Å². The number of hydrogen-bond donors (Lipinski definition) is 0. The molecule has 8 bridgehead atoms. The largest absolute Gasteiger partial charge is 0.499 e. The van der Waals surface area contributed by atoms with Gasteiger partial charge in [-0.1, -0.05) is 61.1 Å². The molecule has 5 aliphatic rings. The summed E-state index contributed by atoms with van der Waals surface area (Å²) in [6, 6.07) is 30.3. The van der Waals surface area contributed by atoms with Crippen molar-refractivity contribution in [2.24, 2.45) is 0 Å². The Kier molecular flexibility index (Phi) is 12.1. The fourth-order valence-electron chi connectivity index (χ4n) is 5.55. The molecule has 0 amide bonds. The molecule has 10 heteroatoms. The quantitative estimate of drug-likeness (QED) is 0.151. The van der Waals surface area contributed by atoms with Crippen LogP contribution in [0.5, 0.6) is 23.0 Å². The zero-order chi connectivity index (χ0) is 33.1. The number of pyridine rings is 5. The van der Waals surface area contributed by atoms with Crippen molar-refractivity contribution >= 4 is 0 Å². The van der Waals surface area contributed by atoms with Crippen molar-refractivity contribution < 1.29 is 39.4 Å². The van der Waals surface area contributed by atoms with Gasteiger partial charge in [0.1, 0.15) is 17.2 Å². The van der Waals surface area contributed by atoms with Crippen LogP contribution in [0.2, 0.25) is 0 Å². The molecule has 0 atom stereocenters. The van der Waals surface area contributed by atoms with Gasteiger partial charge in [-0.05, 0) is 67.4 Å². The molecule has 5 aliphatic heterocycles. The third-order valence-corrected chi connectivity index (χ3v) is 8.11. The molecule has 1 aromatic carbocycles. The topological polar surface area (TPSA) is 101 Å². The Morgan fingerprint density at radius 2 is 1.16 bits per heavy atom. The van der Waals surface area contributed by atoms with Gasteiger partial charge in [0, 0.05) is 44.2 Å². The van der Waals surface area contributed by atoms with Gasteiger partial charge in [-0.25, -0.2) is 4.98 Å². The number of benzene rings is 1. The van der Waals surface area contributed by atoms with Crippen LogP contribution in [-0.2, 0) is 20.4 Å². The summed E-state index contributed by atoms with van der Waals surface area (Å²) in [5, 5.41) is 0. The summed E-state index contributed by atoms with van der Waals surface area (Å²) in [5.74, 6) is 2.63. The molecule has 0 aliphatic carbocycles. The summed E-state index contributed by atoms with van der Waals surface area (Å²) in [7, 11) is 0. The van der Waals surface area contributed by atoms with E-state index >= 15 is 0 Å². The van der Waals surface area contributed by atoms with Gasteiger partial charge in [0.15, 0.2) is 0 Å². The maximum Gasteiger partial charge on any atom is 0.222 e. The Morgan fingerprint density at radius 3 is 1.86 bits per heavy atom. The van der Waals surface area contributed by atoms with Crippen molar-refractivity contribution in [1.29, 1.82) is 0 Å². The average Bonchev–Trinajstić information content (AvgIpc) is 3.16. The summed E-state index contributed by atoms with van der Waals surface area (Å²) >= 11 is 0. The summed E-state index contributed by atoms with van der Waals surface area (Å²) in [4.78, 5) is 23.2. The minimum absolute atomic E-state index is 0. The number of hydrogen-bond acceptors (Lipinski definition) is 9. The molecule has 50 heavy (non-hydrogen) atoms. The van der Waals surface area contributed by atoms with E-state index in [1.807, 2.05) is 84.9 Å². The SMILES string of the molecule is [Re].[c-]1c2ccc(c1-c1ccccn1)OCOc1ccc(nc1)-c1cccc(n1)-c1ccc(cn1)OCCCCCCCCOc1cccnc1-2. The average molecular weight is 837 g/mol. The second-order valence-electron chi connectivity index (χ2n) is 11.6. The summed E-state index contributed by atoms with van der Waals surface area (Å²) in [6.45, 7) is 1.25. The van der Waals surface area contributed by atoms with Gasteiger partial charge in [-0.2, -0.15) is 0 Å². The molecule has 6 aromatic rings. The van der Waals surface area contributed by atoms with E-state index in [2.05, 4.69) is 26.0 Å². The van der Waals surface area contributed by atoms with E-state index in [4.69, 9.17) is 23.9 Å². The van der Waals surface area contributed by atoms with E-state index < -0.39 is 0 Å². The first-order valence-corrected chi connectivity index (χ1v) is 16.6. The Hall–Kier alpha value is -5.17. The third-order valence-electron chi connectivity index (χ3n) is 8.11. The second kappa shape index (κ2) is 17.5. The number of nitrogens with zero attached hydrogens (tertiary/aromatic N) is 5. The minimum atomic E-state index is -0.0366. The van der Waals surface area contributed by atoms with E-state index in [1.165, 1.54) is 0 Å². The smallest absolute Gasteiger partial charge is 0.222 e. The van der Waals surface area contributed by atoms with Gasteiger partial charge in [0.2, 0.25) is 6.79 Å². The van der Waals surface area contributed by atoms with Crippen LogP contribution in [0.25, 0.3) is 45.3 Å². The van der Waals surface area contributed by atoms with Crippen molar-refractivity contribution in [1.82, 2.24) is 24.9 Å². The minimum Gasteiger partial charge on any atom is -0.499 e. The zero-order valence-corrected chi connectivity index (χ0v) is 30.2. The van der Waals surface area contributed by atoms with E-state index in [0.717, 1.165) is 89.8 Å². The van der Waals surface area contributed by atoms with E-state index in [-0.39, 0.29) is 27.2 Å². The van der Waals surface area contributed by atoms with Gasteiger partial charge < -0.3 is 18.9 Å². The molecule has 253 valence electrons.